The minimum atomic E-state index is -3.00. The Balaban J connectivity index is 2.43. The Morgan fingerprint density at radius 1 is 1.30 bits per heavy atom. The van der Waals surface area contributed by atoms with E-state index in [-0.39, 0.29) is 11.0 Å². The van der Waals surface area contributed by atoms with Crippen LogP contribution in [0.5, 0.6) is 0 Å². The Morgan fingerprint density at radius 3 is 2.60 bits per heavy atom. The molecule has 1 rings (SSSR count). The van der Waals surface area contributed by atoms with Crippen molar-refractivity contribution in [3.05, 3.63) is 0 Å². The first-order valence-corrected chi connectivity index (χ1v) is 9.37. The molecule has 0 radical (unpaired) electrons. The van der Waals surface area contributed by atoms with Crippen LogP contribution in [0.15, 0.2) is 5.16 Å². The standard InChI is InChI=1S/C11H23N5O2S2/c1-9(2)12-5-6-16-11(13-14-15-16)19-7-8-20(17,18)10(3)4/h9-10,12H,5-8H2,1-4H3. The lowest BCUT2D eigenvalue weighted by molar-refractivity contribution is 0.485. The zero-order valence-electron chi connectivity index (χ0n) is 12.4. The minimum absolute atomic E-state index is 0.145. The van der Waals surface area contributed by atoms with Crippen molar-refractivity contribution in [1.82, 2.24) is 25.5 Å². The number of tetrazole rings is 1. The molecule has 116 valence electrons. The minimum Gasteiger partial charge on any atom is -0.313 e. The molecule has 0 aromatic carbocycles. The Bertz CT molecular complexity index is 499. The highest BCUT2D eigenvalue weighted by Gasteiger charge is 2.16. The lowest BCUT2D eigenvalue weighted by Gasteiger charge is -2.09. The molecule has 0 unspecified atom stereocenters. The molecule has 0 amide bonds. The Labute approximate surface area is 124 Å². The second-order valence-electron chi connectivity index (χ2n) is 5.06. The van der Waals surface area contributed by atoms with Gasteiger partial charge in [-0.05, 0) is 24.3 Å². The van der Waals surface area contributed by atoms with Gasteiger partial charge in [-0.2, -0.15) is 0 Å². The van der Waals surface area contributed by atoms with Gasteiger partial charge in [-0.25, -0.2) is 13.1 Å². The average Bonchev–Trinajstić information content (AvgIpc) is 2.76. The summed E-state index contributed by atoms with van der Waals surface area (Å²) in [6.07, 6.45) is 0. The van der Waals surface area contributed by atoms with E-state index in [0.717, 1.165) is 6.54 Å². The van der Waals surface area contributed by atoms with Crippen LogP contribution >= 0.6 is 11.8 Å². The quantitative estimate of drug-likeness (QED) is 0.666. The average molecular weight is 321 g/mol. The van der Waals surface area contributed by atoms with Crippen LogP contribution in [0.25, 0.3) is 0 Å². The van der Waals surface area contributed by atoms with Gasteiger partial charge in [0.15, 0.2) is 9.84 Å². The summed E-state index contributed by atoms with van der Waals surface area (Å²) in [7, 11) is -3.00. The van der Waals surface area contributed by atoms with E-state index in [1.807, 2.05) is 0 Å². The van der Waals surface area contributed by atoms with Crippen LogP contribution < -0.4 is 5.32 Å². The van der Waals surface area contributed by atoms with Crippen molar-refractivity contribution >= 4 is 21.6 Å². The molecular formula is C11H23N5O2S2. The van der Waals surface area contributed by atoms with Crippen molar-refractivity contribution in [3.63, 3.8) is 0 Å². The van der Waals surface area contributed by atoms with Gasteiger partial charge in [-0.1, -0.05) is 25.6 Å². The van der Waals surface area contributed by atoms with Gasteiger partial charge in [0.25, 0.3) is 0 Å². The normalized spacial score (nSPS) is 12.5. The van der Waals surface area contributed by atoms with Crippen LogP contribution in [0.1, 0.15) is 27.7 Å². The summed E-state index contributed by atoms with van der Waals surface area (Å²) in [5, 5.41) is 15.1. The topological polar surface area (TPSA) is 89.8 Å². The largest absolute Gasteiger partial charge is 0.313 e. The first-order chi connectivity index (χ1) is 9.33. The molecule has 1 aromatic heterocycles. The SMILES string of the molecule is CC(C)NCCn1nnnc1SCCS(=O)(=O)C(C)C. The molecule has 0 fully saturated rings. The van der Waals surface area contributed by atoms with Crippen LogP contribution in [0.4, 0.5) is 0 Å². The number of aromatic nitrogens is 4. The van der Waals surface area contributed by atoms with Crippen LogP contribution in [0, 0.1) is 0 Å². The molecule has 0 aliphatic rings. The van der Waals surface area contributed by atoms with E-state index in [1.54, 1.807) is 18.5 Å². The first-order valence-electron chi connectivity index (χ1n) is 6.67. The maximum Gasteiger partial charge on any atom is 0.209 e. The third kappa shape index (κ3) is 5.76. The fourth-order valence-corrected chi connectivity index (χ4v) is 3.67. The fraction of sp³-hybridized carbons (Fsp3) is 0.909. The smallest absolute Gasteiger partial charge is 0.209 e. The molecule has 0 saturated heterocycles. The summed E-state index contributed by atoms with van der Waals surface area (Å²) in [6.45, 7) is 8.99. The highest BCUT2D eigenvalue weighted by atomic mass is 32.2. The van der Waals surface area contributed by atoms with Gasteiger partial charge in [0.1, 0.15) is 0 Å². The predicted molar refractivity (Wildman–Crippen MR) is 80.6 cm³/mol. The fourth-order valence-electron chi connectivity index (χ4n) is 1.38. The van der Waals surface area contributed by atoms with Gasteiger partial charge in [0, 0.05) is 18.3 Å². The Kier molecular flexibility index (Phi) is 6.90. The van der Waals surface area contributed by atoms with E-state index in [1.165, 1.54) is 11.8 Å². The lowest BCUT2D eigenvalue weighted by Crippen LogP contribution is -2.27. The third-order valence-electron chi connectivity index (χ3n) is 2.69. The molecule has 0 aliphatic carbocycles. The highest BCUT2D eigenvalue weighted by molar-refractivity contribution is 8.00. The molecule has 1 N–H and O–H groups in total. The number of rotatable bonds is 9. The zero-order valence-corrected chi connectivity index (χ0v) is 14.0. The molecule has 1 heterocycles. The molecule has 0 bridgehead atoms. The first kappa shape index (κ1) is 17.4. The van der Waals surface area contributed by atoms with Crippen molar-refractivity contribution in [3.8, 4) is 0 Å². The molecule has 20 heavy (non-hydrogen) atoms. The van der Waals surface area contributed by atoms with E-state index >= 15 is 0 Å². The van der Waals surface area contributed by atoms with Crippen LogP contribution in [0.3, 0.4) is 0 Å². The van der Waals surface area contributed by atoms with Crippen molar-refractivity contribution in [2.75, 3.05) is 18.1 Å². The van der Waals surface area contributed by atoms with Crippen LogP contribution in [-0.4, -0.2) is 58.0 Å². The van der Waals surface area contributed by atoms with Crippen molar-refractivity contribution in [2.24, 2.45) is 0 Å². The summed E-state index contributed by atoms with van der Waals surface area (Å²) >= 11 is 1.38. The maximum absolute atomic E-state index is 11.7. The Morgan fingerprint density at radius 2 is 2.00 bits per heavy atom. The van der Waals surface area contributed by atoms with Gasteiger partial charge in [0.2, 0.25) is 5.16 Å². The summed E-state index contributed by atoms with van der Waals surface area (Å²) in [5.41, 5.74) is 0. The van der Waals surface area contributed by atoms with E-state index in [9.17, 15) is 8.42 Å². The van der Waals surface area contributed by atoms with E-state index in [4.69, 9.17) is 0 Å². The van der Waals surface area contributed by atoms with Crippen LogP contribution in [-0.2, 0) is 16.4 Å². The van der Waals surface area contributed by atoms with Gasteiger partial charge in [-0.15, -0.1) is 5.10 Å². The number of sulfone groups is 1. The molecular weight excluding hydrogens is 298 g/mol. The second-order valence-corrected chi connectivity index (χ2v) is 8.80. The molecule has 0 spiro atoms. The second kappa shape index (κ2) is 7.94. The van der Waals surface area contributed by atoms with E-state index < -0.39 is 9.84 Å². The maximum atomic E-state index is 11.7. The van der Waals surface area contributed by atoms with Gasteiger partial charge >= 0.3 is 0 Å². The number of hydrogen-bond donors (Lipinski definition) is 1. The summed E-state index contributed by atoms with van der Waals surface area (Å²) in [6, 6.07) is 0.416. The predicted octanol–water partition coefficient (Wildman–Crippen LogP) is 0.586. The third-order valence-corrected chi connectivity index (χ3v) is 6.12. The zero-order chi connectivity index (χ0) is 15.2. The van der Waals surface area contributed by atoms with Crippen LogP contribution in [0.2, 0.25) is 0 Å². The van der Waals surface area contributed by atoms with E-state index in [2.05, 4.69) is 34.7 Å². The molecule has 1 aromatic rings. The van der Waals surface area contributed by atoms with E-state index in [0.29, 0.717) is 23.5 Å². The summed E-state index contributed by atoms with van der Waals surface area (Å²) in [5.74, 6) is 0.616. The van der Waals surface area contributed by atoms with Gasteiger partial charge in [0.05, 0.1) is 17.5 Å². The molecule has 9 heteroatoms. The number of nitrogens with zero attached hydrogens (tertiary/aromatic N) is 4. The number of hydrogen-bond acceptors (Lipinski definition) is 7. The highest BCUT2D eigenvalue weighted by Crippen LogP contribution is 2.15. The van der Waals surface area contributed by atoms with Gasteiger partial charge < -0.3 is 5.32 Å². The summed E-state index contributed by atoms with van der Waals surface area (Å²) in [4.78, 5) is 0. The number of nitrogens with one attached hydrogen (secondary N) is 1. The molecule has 0 atom stereocenters. The molecule has 7 nitrogen and oxygen atoms in total. The lowest BCUT2D eigenvalue weighted by atomic mass is 10.4. The number of thioether (sulfide) groups is 1. The van der Waals surface area contributed by atoms with Gasteiger partial charge in [-0.3, -0.25) is 0 Å². The monoisotopic (exact) mass is 321 g/mol. The van der Waals surface area contributed by atoms with Crippen molar-refractivity contribution < 1.29 is 8.42 Å². The Hall–Kier alpha value is -0.670. The molecule has 0 aliphatic heterocycles. The molecule has 0 saturated carbocycles. The summed E-state index contributed by atoms with van der Waals surface area (Å²) < 4.78 is 25.1. The van der Waals surface area contributed by atoms with Crippen molar-refractivity contribution in [2.45, 2.75) is 50.7 Å². The van der Waals surface area contributed by atoms with Crippen molar-refractivity contribution in [1.29, 1.82) is 0 Å².